The van der Waals surface area contributed by atoms with Gasteiger partial charge in [0.25, 0.3) is 11.8 Å². The number of nitrogens with zero attached hydrogens (tertiary/aromatic N) is 1. The molecule has 0 saturated heterocycles. The van der Waals surface area contributed by atoms with E-state index in [1.165, 1.54) is 12.1 Å². The Hall–Kier alpha value is -3.70. The summed E-state index contributed by atoms with van der Waals surface area (Å²) in [6.45, 7) is 1.73. The van der Waals surface area contributed by atoms with E-state index in [9.17, 15) is 14.9 Å². The molecule has 10 heteroatoms. The lowest BCUT2D eigenvalue weighted by atomic mass is 10.1. The molecule has 0 saturated carbocycles. The van der Waals surface area contributed by atoms with E-state index in [-0.39, 0.29) is 28.7 Å². The van der Waals surface area contributed by atoms with Gasteiger partial charge in [0.05, 0.1) is 11.6 Å². The summed E-state index contributed by atoms with van der Waals surface area (Å²) < 4.78 is 11.3. The van der Waals surface area contributed by atoms with Crippen LogP contribution >= 0.6 is 34.8 Å². The number of hydrogen-bond donors (Lipinski definition) is 2. The molecule has 3 rings (SSSR count). The van der Waals surface area contributed by atoms with Crippen LogP contribution in [0.4, 0.5) is 11.4 Å². The van der Waals surface area contributed by atoms with Crippen molar-refractivity contribution in [3.63, 3.8) is 0 Å². The van der Waals surface area contributed by atoms with Crippen LogP contribution in [0, 0.1) is 11.3 Å². The molecule has 0 aliphatic carbocycles. The summed E-state index contributed by atoms with van der Waals surface area (Å²) in [6, 6.07) is 18.1. The Labute approximate surface area is 223 Å². The van der Waals surface area contributed by atoms with E-state index in [0.29, 0.717) is 33.6 Å². The molecular formula is C26H20Cl3N3O4. The number of amides is 2. The molecule has 3 aromatic carbocycles. The van der Waals surface area contributed by atoms with Crippen molar-refractivity contribution < 1.29 is 19.1 Å². The molecule has 2 amide bonds. The highest BCUT2D eigenvalue weighted by Crippen LogP contribution is 2.37. The lowest BCUT2D eigenvalue weighted by Gasteiger charge is -2.14. The molecule has 0 aliphatic heterocycles. The molecule has 2 N–H and O–H groups in total. The van der Waals surface area contributed by atoms with Gasteiger partial charge in [-0.3, -0.25) is 9.59 Å². The zero-order valence-electron chi connectivity index (χ0n) is 19.0. The predicted octanol–water partition coefficient (Wildman–Crippen LogP) is 6.61. The summed E-state index contributed by atoms with van der Waals surface area (Å²) in [5.74, 6) is -0.601. The van der Waals surface area contributed by atoms with Gasteiger partial charge in [-0.25, -0.2) is 0 Å². The maximum atomic E-state index is 12.6. The number of nitrogens with one attached hydrogen (secondary N) is 2. The van der Waals surface area contributed by atoms with Gasteiger partial charge < -0.3 is 20.1 Å². The van der Waals surface area contributed by atoms with E-state index in [2.05, 4.69) is 10.6 Å². The van der Waals surface area contributed by atoms with Crippen molar-refractivity contribution in [3.8, 4) is 17.6 Å². The molecule has 0 spiro atoms. The number of rotatable bonds is 9. The van der Waals surface area contributed by atoms with Gasteiger partial charge in [0.2, 0.25) is 0 Å². The highest BCUT2D eigenvalue weighted by atomic mass is 35.5. The van der Waals surface area contributed by atoms with Crippen LogP contribution in [-0.4, -0.2) is 25.0 Å². The molecule has 0 aromatic heterocycles. The van der Waals surface area contributed by atoms with Gasteiger partial charge in [-0.15, -0.1) is 0 Å². The van der Waals surface area contributed by atoms with Crippen molar-refractivity contribution in [1.29, 1.82) is 5.26 Å². The Morgan fingerprint density at radius 1 is 0.917 bits per heavy atom. The molecule has 0 heterocycles. The largest absolute Gasteiger partial charge is 0.490 e. The van der Waals surface area contributed by atoms with Crippen LogP contribution in [0.2, 0.25) is 15.1 Å². The van der Waals surface area contributed by atoms with E-state index < -0.39 is 11.8 Å². The first-order valence-electron chi connectivity index (χ1n) is 10.6. The van der Waals surface area contributed by atoms with Crippen LogP contribution in [0.3, 0.4) is 0 Å². The minimum atomic E-state index is -0.604. The van der Waals surface area contributed by atoms with Crippen molar-refractivity contribution in [1.82, 2.24) is 0 Å². The zero-order chi connectivity index (χ0) is 26.1. The number of hydrogen-bond acceptors (Lipinski definition) is 5. The third-order valence-corrected chi connectivity index (χ3v) is 5.37. The summed E-state index contributed by atoms with van der Waals surface area (Å²) in [4.78, 5) is 24.9. The summed E-state index contributed by atoms with van der Waals surface area (Å²) in [7, 11) is 0. The van der Waals surface area contributed by atoms with Crippen LogP contribution in [0.5, 0.6) is 11.5 Å². The molecule has 7 nitrogen and oxygen atoms in total. The number of benzene rings is 3. The average molecular weight is 545 g/mol. The molecule has 0 fully saturated rings. The van der Waals surface area contributed by atoms with Crippen molar-refractivity contribution in [2.45, 2.75) is 6.92 Å². The highest BCUT2D eigenvalue weighted by molar-refractivity contribution is 6.32. The first kappa shape index (κ1) is 26.9. The Morgan fingerprint density at radius 3 is 2.06 bits per heavy atom. The Kier molecular flexibility index (Phi) is 9.60. The quantitative estimate of drug-likeness (QED) is 0.233. The van der Waals surface area contributed by atoms with E-state index in [0.717, 1.165) is 0 Å². The maximum absolute atomic E-state index is 12.6. The minimum absolute atomic E-state index is 0.141. The topological polar surface area (TPSA) is 100 Å². The maximum Gasteiger partial charge on any atom is 0.266 e. The fourth-order valence-corrected chi connectivity index (χ4v) is 3.51. The Balaban J connectivity index is 1.76. The normalized spacial score (nSPS) is 10.8. The monoisotopic (exact) mass is 543 g/mol. The van der Waals surface area contributed by atoms with Gasteiger partial charge in [-0.05, 0) is 79.2 Å². The summed E-state index contributed by atoms with van der Waals surface area (Å²) in [5.41, 5.74) is 1.33. The van der Waals surface area contributed by atoms with Crippen molar-refractivity contribution in [3.05, 3.63) is 86.9 Å². The Bertz CT molecular complexity index is 1320. The summed E-state index contributed by atoms with van der Waals surface area (Å²) in [5, 5.41) is 16.0. The smallest absolute Gasteiger partial charge is 0.266 e. The van der Waals surface area contributed by atoms with E-state index in [1.807, 2.05) is 6.07 Å². The predicted molar refractivity (Wildman–Crippen MR) is 142 cm³/mol. The molecular weight excluding hydrogens is 525 g/mol. The van der Waals surface area contributed by atoms with Crippen LogP contribution in [0.1, 0.15) is 12.5 Å². The molecule has 0 bridgehead atoms. The van der Waals surface area contributed by atoms with Crippen molar-refractivity contribution in [2.75, 3.05) is 23.8 Å². The van der Waals surface area contributed by atoms with Crippen molar-refractivity contribution in [2.24, 2.45) is 0 Å². The van der Waals surface area contributed by atoms with Crippen LogP contribution in [0.25, 0.3) is 6.08 Å². The summed E-state index contributed by atoms with van der Waals surface area (Å²) >= 11 is 18.1. The second kappa shape index (κ2) is 12.8. The first-order valence-corrected chi connectivity index (χ1v) is 11.8. The van der Waals surface area contributed by atoms with Crippen molar-refractivity contribution >= 4 is 64.1 Å². The third kappa shape index (κ3) is 7.65. The number of ether oxygens (including phenoxy) is 2. The van der Waals surface area contributed by atoms with E-state index in [1.54, 1.807) is 61.5 Å². The number of anilines is 2. The molecule has 0 aliphatic rings. The fraction of sp³-hybridized carbons (Fsp3) is 0.115. The molecule has 184 valence electrons. The summed E-state index contributed by atoms with van der Waals surface area (Å²) in [6.07, 6.45) is 1.37. The lowest BCUT2D eigenvalue weighted by Crippen LogP contribution is -2.20. The van der Waals surface area contributed by atoms with Gasteiger partial charge in [0.15, 0.2) is 18.1 Å². The van der Waals surface area contributed by atoms with Gasteiger partial charge in [-0.2, -0.15) is 5.26 Å². The number of carbonyl (C=O) groups excluding carboxylic acids is 2. The zero-order valence-corrected chi connectivity index (χ0v) is 21.2. The highest BCUT2D eigenvalue weighted by Gasteiger charge is 2.16. The van der Waals surface area contributed by atoms with Gasteiger partial charge in [0.1, 0.15) is 11.6 Å². The number of halogens is 3. The van der Waals surface area contributed by atoms with Gasteiger partial charge >= 0.3 is 0 Å². The molecule has 36 heavy (non-hydrogen) atoms. The van der Waals surface area contributed by atoms with E-state index >= 15 is 0 Å². The molecule has 0 radical (unpaired) electrons. The SMILES string of the molecule is CCOc1cc(/C=C(\C#N)C(=O)Nc2ccc(Cl)cc2)cc(Cl)c1OCC(=O)Nc1ccc(Cl)cc1. The Morgan fingerprint density at radius 2 is 1.50 bits per heavy atom. The number of carbonyl (C=O) groups is 2. The standard InChI is InChI=1S/C26H20Cl3N3O4/c1-2-35-23-13-16(11-17(14-30)26(34)32-21-9-5-19(28)6-10-21)12-22(29)25(23)36-15-24(33)31-20-7-3-18(27)4-8-20/h3-13H,2,15H2,1H3,(H,31,33)(H,32,34)/b17-11+. The second-order valence-electron chi connectivity index (χ2n) is 7.24. The molecule has 0 atom stereocenters. The molecule has 0 unspecified atom stereocenters. The third-order valence-electron chi connectivity index (χ3n) is 4.59. The van der Waals surface area contributed by atoms with Gasteiger partial charge in [0, 0.05) is 21.4 Å². The second-order valence-corrected chi connectivity index (χ2v) is 8.52. The minimum Gasteiger partial charge on any atom is -0.490 e. The van der Waals surface area contributed by atoms with Crippen LogP contribution in [0.15, 0.2) is 66.2 Å². The fourth-order valence-electron chi connectivity index (χ4n) is 2.99. The molecule has 3 aromatic rings. The van der Waals surface area contributed by atoms with E-state index in [4.69, 9.17) is 44.3 Å². The van der Waals surface area contributed by atoms with Gasteiger partial charge in [-0.1, -0.05) is 34.8 Å². The first-order chi connectivity index (χ1) is 17.3. The number of nitriles is 1. The van der Waals surface area contributed by atoms with Crippen LogP contribution < -0.4 is 20.1 Å². The van der Waals surface area contributed by atoms with Crippen LogP contribution in [-0.2, 0) is 9.59 Å². The average Bonchev–Trinajstić information content (AvgIpc) is 2.85. The lowest BCUT2D eigenvalue weighted by molar-refractivity contribution is -0.118.